The molecule has 0 unspecified atom stereocenters. The normalized spacial score (nSPS) is 16.6. The van der Waals surface area contributed by atoms with Crippen molar-refractivity contribution in [2.45, 2.75) is 24.7 Å². The fourth-order valence-electron chi connectivity index (χ4n) is 3.11. The van der Waals surface area contributed by atoms with Crippen LogP contribution >= 0.6 is 12.4 Å². The Kier molecular flexibility index (Phi) is 8.49. The molecule has 0 saturated carbocycles. The summed E-state index contributed by atoms with van der Waals surface area (Å²) in [5.41, 5.74) is 0.715. The second-order valence-electron chi connectivity index (χ2n) is 6.48. The number of ether oxygens (including phenoxy) is 2. The van der Waals surface area contributed by atoms with Gasteiger partial charge < -0.3 is 14.8 Å². The fraction of sp³-hybridized carbons (Fsp3) is 0.588. The molecule has 9 heteroatoms. The number of benzene rings is 1. The van der Waals surface area contributed by atoms with Gasteiger partial charge in [0, 0.05) is 19.1 Å². The van der Waals surface area contributed by atoms with Crippen LogP contribution in [0.2, 0.25) is 0 Å². The molecular weight excluding hydrogens is 380 g/mol. The zero-order chi connectivity index (χ0) is 18.5. The Morgan fingerprint density at radius 2 is 1.92 bits per heavy atom. The highest BCUT2D eigenvalue weighted by molar-refractivity contribution is 7.89. The fourth-order valence-corrected chi connectivity index (χ4v) is 4.35. The number of rotatable bonds is 7. The van der Waals surface area contributed by atoms with E-state index in [2.05, 4.69) is 14.8 Å². The molecule has 2 N–H and O–H groups in total. The number of sulfonamides is 1. The first-order valence-electron chi connectivity index (χ1n) is 8.22. The van der Waals surface area contributed by atoms with Crippen molar-refractivity contribution in [3.63, 3.8) is 0 Å². The lowest BCUT2D eigenvalue weighted by Crippen LogP contribution is -2.47. The Labute approximate surface area is 161 Å². The van der Waals surface area contributed by atoms with E-state index in [-0.39, 0.29) is 22.7 Å². The van der Waals surface area contributed by atoms with Gasteiger partial charge in [-0.2, -0.15) is 0 Å². The summed E-state index contributed by atoms with van der Waals surface area (Å²) >= 11 is 0. The Morgan fingerprint density at radius 3 is 2.46 bits per heavy atom. The van der Waals surface area contributed by atoms with Crippen LogP contribution in [0, 0.1) is 12.3 Å². The molecule has 0 atom stereocenters. The maximum atomic E-state index is 12.6. The van der Waals surface area contributed by atoms with E-state index in [1.807, 2.05) is 0 Å². The van der Waals surface area contributed by atoms with E-state index in [1.54, 1.807) is 14.0 Å². The minimum absolute atomic E-state index is 0. The van der Waals surface area contributed by atoms with Gasteiger partial charge in [-0.15, -0.1) is 12.4 Å². The number of carbonyl (C=O) groups excluding carboxylic acids is 1. The van der Waals surface area contributed by atoms with Crippen molar-refractivity contribution >= 4 is 28.4 Å². The van der Waals surface area contributed by atoms with E-state index >= 15 is 0 Å². The van der Waals surface area contributed by atoms with Gasteiger partial charge in [0.05, 0.1) is 24.2 Å². The average molecular weight is 407 g/mol. The number of hydrogen-bond donors (Lipinski definition) is 2. The predicted molar refractivity (Wildman–Crippen MR) is 101 cm³/mol. The number of carbonyl (C=O) groups is 1. The number of nitrogens with one attached hydrogen (secondary N) is 2. The molecule has 0 spiro atoms. The van der Waals surface area contributed by atoms with Gasteiger partial charge in [-0.25, -0.2) is 17.9 Å². The summed E-state index contributed by atoms with van der Waals surface area (Å²) in [6.45, 7) is 4.21. The molecule has 0 aliphatic carbocycles. The van der Waals surface area contributed by atoms with Crippen molar-refractivity contribution < 1.29 is 22.7 Å². The van der Waals surface area contributed by atoms with E-state index < -0.39 is 16.0 Å². The zero-order valence-corrected chi connectivity index (χ0v) is 17.0. The maximum Gasteiger partial charge on any atom is 0.338 e. The molecule has 1 aromatic carbocycles. The summed E-state index contributed by atoms with van der Waals surface area (Å²) in [6.07, 6.45) is 1.70. The summed E-state index contributed by atoms with van der Waals surface area (Å²) in [7, 11) is -0.740. The monoisotopic (exact) mass is 406 g/mol. The van der Waals surface area contributed by atoms with Crippen molar-refractivity contribution in [3.8, 4) is 0 Å². The minimum atomic E-state index is -3.67. The summed E-state index contributed by atoms with van der Waals surface area (Å²) in [6, 6.07) is 4.39. The summed E-state index contributed by atoms with van der Waals surface area (Å²) < 4.78 is 38.0. The van der Waals surface area contributed by atoms with Crippen LogP contribution in [0.5, 0.6) is 0 Å². The van der Waals surface area contributed by atoms with Crippen LogP contribution in [-0.2, 0) is 19.5 Å². The van der Waals surface area contributed by atoms with Crippen LogP contribution < -0.4 is 10.0 Å². The van der Waals surface area contributed by atoms with Crippen LogP contribution in [0.15, 0.2) is 23.1 Å². The van der Waals surface area contributed by atoms with Crippen molar-refractivity contribution in [2.24, 2.45) is 5.41 Å². The molecule has 1 aromatic rings. The van der Waals surface area contributed by atoms with Crippen LogP contribution in [-0.4, -0.2) is 54.8 Å². The molecule has 7 nitrogen and oxygen atoms in total. The van der Waals surface area contributed by atoms with Crippen molar-refractivity contribution in [1.82, 2.24) is 10.0 Å². The molecule has 2 rings (SSSR count). The highest BCUT2D eigenvalue weighted by atomic mass is 35.5. The van der Waals surface area contributed by atoms with Crippen LogP contribution in [0.25, 0.3) is 0 Å². The van der Waals surface area contributed by atoms with Gasteiger partial charge in [-0.1, -0.05) is 0 Å². The number of hydrogen-bond acceptors (Lipinski definition) is 6. The van der Waals surface area contributed by atoms with Crippen LogP contribution in [0.3, 0.4) is 0 Å². The van der Waals surface area contributed by atoms with Gasteiger partial charge in [0.2, 0.25) is 10.0 Å². The average Bonchev–Trinajstić information content (AvgIpc) is 2.60. The van der Waals surface area contributed by atoms with E-state index in [9.17, 15) is 13.2 Å². The third-order valence-electron chi connectivity index (χ3n) is 4.67. The molecule has 0 bridgehead atoms. The van der Waals surface area contributed by atoms with E-state index in [0.717, 1.165) is 25.9 Å². The van der Waals surface area contributed by atoms with Crippen molar-refractivity contribution in [3.05, 3.63) is 29.3 Å². The maximum absolute atomic E-state index is 12.6. The topological polar surface area (TPSA) is 93.7 Å². The first kappa shape index (κ1) is 22.9. The molecule has 0 amide bonds. The molecule has 1 fully saturated rings. The molecule has 148 valence electrons. The van der Waals surface area contributed by atoms with Gasteiger partial charge in [-0.05, 0) is 56.6 Å². The van der Waals surface area contributed by atoms with E-state index in [1.165, 1.54) is 25.3 Å². The first-order chi connectivity index (χ1) is 11.8. The lowest BCUT2D eigenvalue weighted by Gasteiger charge is -2.37. The first-order valence-corrected chi connectivity index (χ1v) is 9.70. The van der Waals surface area contributed by atoms with Crippen molar-refractivity contribution in [2.75, 3.05) is 40.5 Å². The number of esters is 1. The van der Waals surface area contributed by atoms with Gasteiger partial charge >= 0.3 is 5.97 Å². The largest absolute Gasteiger partial charge is 0.465 e. The predicted octanol–water partition coefficient (Wildman–Crippen LogP) is 1.50. The van der Waals surface area contributed by atoms with E-state index in [0.29, 0.717) is 24.3 Å². The Balaban J connectivity index is 0.00000338. The van der Waals surface area contributed by atoms with Crippen molar-refractivity contribution in [1.29, 1.82) is 0 Å². The highest BCUT2D eigenvalue weighted by Gasteiger charge is 2.33. The Hall–Kier alpha value is -1.19. The second kappa shape index (κ2) is 9.66. The number of aryl methyl sites for hydroxylation is 1. The quantitative estimate of drug-likeness (QED) is 0.666. The molecule has 0 aromatic heterocycles. The highest BCUT2D eigenvalue weighted by Crippen LogP contribution is 2.29. The third-order valence-corrected chi connectivity index (χ3v) is 6.06. The minimum Gasteiger partial charge on any atom is -0.465 e. The zero-order valence-electron chi connectivity index (χ0n) is 15.3. The van der Waals surface area contributed by atoms with Gasteiger partial charge in [-0.3, -0.25) is 0 Å². The molecule has 26 heavy (non-hydrogen) atoms. The molecule has 0 radical (unpaired) electrons. The molecule has 1 aliphatic heterocycles. The third kappa shape index (κ3) is 5.40. The molecule has 1 heterocycles. The second-order valence-corrected chi connectivity index (χ2v) is 8.24. The van der Waals surface area contributed by atoms with Crippen LogP contribution in [0.4, 0.5) is 0 Å². The standard InChI is InChI=1S/C17H26N2O5S.ClH/c1-13-10-14(4-5-15(13)16(20)24-3)25(21,22)19-11-17(12-23-2)6-8-18-9-7-17;/h4-5,10,18-19H,6-9,11-12H2,1-3H3;1H. The smallest absolute Gasteiger partial charge is 0.338 e. The lowest BCUT2D eigenvalue weighted by molar-refractivity contribution is 0.0577. The number of piperidine rings is 1. The summed E-state index contributed by atoms with van der Waals surface area (Å²) in [5, 5.41) is 3.28. The molecular formula is C17H27ClN2O5S. The molecule has 1 aliphatic rings. The lowest BCUT2D eigenvalue weighted by atomic mass is 9.80. The molecule has 1 saturated heterocycles. The van der Waals surface area contributed by atoms with Gasteiger partial charge in [0.15, 0.2) is 0 Å². The number of halogens is 1. The van der Waals surface area contributed by atoms with Gasteiger partial charge in [0.25, 0.3) is 0 Å². The number of methoxy groups -OCH3 is 2. The van der Waals surface area contributed by atoms with Gasteiger partial charge in [0.1, 0.15) is 0 Å². The SMILES string of the molecule is COCC1(CNS(=O)(=O)c2ccc(C(=O)OC)c(C)c2)CCNCC1.Cl. The Bertz CT molecular complexity index is 712. The summed E-state index contributed by atoms with van der Waals surface area (Å²) in [4.78, 5) is 11.8. The van der Waals surface area contributed by atoms with Crippen LogP contribution in [0.1, 0.15) is 28.8 Å². The Morgan fingerprint density at radius 1 is 1.27 bits per heavy atom. The van der Waals surface area contributed by atoms with E-state index in [4.69, 9.17) is 4.74 Å². The summed E-state index contributed by atoms with van der Waals surface area (Å²) in [5.74, 6) is -0.483.